The zero-order chi connectivity index (χ0) is 18.9. The average Bonchev–Trinajstić information content (AvgIpc) is 3.15. The fraction of sp³-hybridized carbons (Fsp3) is 0.176. The van der Waals surface area contributed by atoms with Crippen molar-refractivity contribution in [2.24, 2.45) is 11.5 Å². The third kappa shape index (κ3) is 3.45. The molecule has 0 saturated carbocycles. The molecule has 0 bridgehead atoms. The van der Waals surface area contributed by atoms with Crippen LogP contribution in [-0.2, 0) is 11.7 Å². The molecule has 26 heavy (non-hydrogen) atoms. The van der Waals surface area contributed by atoms with Gasteiger partial charge in [-0.2, -0.15) is 24.5 Å². The first-order valence-electron chi connectivity index (χ1n) is 7.47. The Kier molecular flexibility index (Phi) is 5.03. The van der Waals surface area contributed by atoms with Crippen LogP contribution in [0, 0.1) is 0 Å². The van der Waals surface area contributed by atoms with Crippen LogP contribution in [0.4, 0.5) is 13.2 Å². The number of benzene rings is 1. The van der Waals surface area contributed by atoms with E-state index in [0.717, 1.165) is 11.6 Å². The Balaban J connectivity index is 2.04. The number of alkyl halides is 3. The summed E-state index contributed by atoms with van der Waals surface area (Å²) < 4.78 is 38.6. The molecule has 0 aliphatic rings. The Hall–Kier alpha value is -2.00. The number of thiophene rings is 1. The van der Waals surface area contributed by atoms with Crippen molar-refractivity contribution in [3.63, 3.8) is 0 Å². The third-order valence-corrected chi connectivity index (χ3v) is 5.05. The summed E-state index contributed by atoms with van der Waals surface area (Å²) in [6.07, 6.45) is -3.21. The maximum Gasteiger partial charge on any atom is 0.417 e. The molecule has 136 valence electrons. The molecule has 2 aromatic heterocycles. The number of aromatic nitrogens is 2. The van der Waals surface area contributed by atoms with Crippen molar-refractivity contribution in [3.05, 3.63) is 69.3 Å². The summed E-state index contributed by atoms with van der Waals surface area (Å²) in [6, 6.07) is 6.93. The monoisotopic (exact) mass is 398 g/mol. The molecule has 0 radical (unpaired) electrons. The zero-order valence-corrected chi connectivity index (χ0v) is 14.9. The molecule has 1 aromatic carbocycles. The van der Waals surface area contributed by atoms with Gasteiger partial charge in [0.1, 0.15) is 6.33 Å². The van der Waals surface area contributed by atoms with Crippen LogP contribution in [-0.4, -0.2) is 16.5 Å². The van der Waals surface area contributed by atoms with Crippen molar-refractivity contribution in [1.82, 2.24) is 9.97 Å². The molecule has 9 heteroatoms. The van der Waals surface area contributed by atoms with E-state index in [4.69, 9.17) is 23.1 Å². The summed E-state index contributed by atoms with van der Waals surface area (Å²) in [6.45, 7) is 0.105. The van der Waals surface area contributed by atoms with Crippen LogP contribution in [0.3, 0.4) is 0 Å². The van der Waals surface area contributed by atoms with Gasteiger partial charge in [0.2, 0.25) is 0 Å². The second-order valence-electron chi connectivity index (χ2n) is 5.67. The van der Waals surface area contributed by atoms with E-state index >= 15 is 0 Å². The minimum Gasteiger partial charge on any atom is -0.328 e. The van der Waals surface area contributed by atoms with Gasteiger partial charge in [-0.3, -0.25) is 0 Å². The zero-order valence-electron chi connectivity index (χ0n) is 13.3. The fourth-order valence-electron chi connectivity index (χ4n) is 2.55. The van der Waals surface area contributed by atoms with Crippen LogP contribution < -0.4 is 11.5 Å². The van der Waals surface area contributed by atoms with E-state index in [-0.39, 0.29) is 6.54 Å². The van der Waals surface area contributed by atoms with E-state index in [0.29, 0.717) is 17.0 Å². The minimum absolute atomic E-state index is 0.105. The van der Waals surface area contributed by atoms with Crippen LogP contribution in [0.2, 0.25) is 5.02 Å². The lowest BCUT2D eigenvalue weighted by Crippen LogP contribution is -2.45. The van der Waals surface area contributed by atoms with Crippen molar-refractivity contribution in [1.29, 1.82) is 0 Å². The molecule has 4 N–H and O–H groups in total. The second-order valence-corrected chi connectivity index (χ2v) is 6.86. The summed E-state index contributed by atoms with van der Waals surface area (Å²) >= 11 is 7.28. The first kappa shape index (κ1) is 18.8. The quantitative estimate of drug-likeness (QED) is 0.695. The Bertz CT molecular complexity index is 915. The number of halogens is 4. The minimum atomic E-state index is -4.52. The molecule has 1 atom stereocenters. The highest BCUT2D eigenvalue weighted by molar-refractivity contribution is 7.08. The number of rotatable bonds is 4. The van der Waals surface area contributed by atoms with Gasteiger partial charge in [0.05, 0.1) is 27.5 Å². The van der Waals surface area contributed by atoms with Crippen molar-refractivity contribution in [2.45, 2.75) is 11.7 Å². The van der Waals surface area contributed by atoms with Gasteiger partial charge >= 0.3 is 6.18 Å². The van der Waals surface area contributed by atoms with Crippen molar-refractivity contribution in [3.8, 4) is 11.3 Å². The van der Waals surface area contributed by atoms with Gasteiger partial charge in [0, 0.05) is 12.1 Å². The summed E-state index contributed by atoms with van der Waals surface area (Å²) in [5.41, 5.74) is 12.5. The average molecular weight is 399 g/mol. The van der Waals surface area contributed by atoms with Gasteiger partial charge in [-0.25, -0.2) is 9.97 Å². The van der Waals surface area contributed by atoms with Gasteiger partial charge in [0.25, 0.3) is 0 Å². The van der Waals surface area contributed by atoms with Gasteiger partial charge in [-0.15, -0.1) is 0 Å². The smallest absolute Gasteiger partial charge is 0.328 e. The number of hydrogen-bond acceptors (Lipinski definition) is 5. The molecular formula is C17H14ClF3N4S. The van der Waals surface area contributed by atoms with Crippen molar-refractivity contribution in [2.75, 3.05) is 6.54 Å². The van der Waals surface area contributed by atoms with Crippen molar-refractivity contribution < 1.29 is 13.2 Å². The summed E-state index contributed by atoms with van der Waals surface area (Å²) in [5.74, 6) is 0. The maximum absolute atomic E-state index is 12.9. The maximum atomic E-state index is 12.9. The van der Waals surface area contributed by atoms with Gasteiger partial charge in [-0.1, -0.05) is 17.7 Å². The molecule has 0 aliphatic heterocycles. The van der Waals surface area contributed by atoms with Crippen LogP contribution in [0.25, 0.3) is 11.3 Å². The standard InChI is InChI=1S/C17H14ClF3N4S/c18-13-5-10(1-2-12(13)17(19,20)21)14-6-15(25-9-24-14)16(23,8-22)11-3-4-26-7-11/h1-7,9H,8,22-23H2. The fourth-order valence-corrected chi connectivity index (χ4v) is 3.58. The number of nitrogens with two attached hydrogens (primary N) is 2. The Labute approximate surface area is 156 Å². The first-order valence-corrected chi connectivity index (χ1v) is 8.79. The Morgan fingerprint density at radius 1 is 1.12 bits per heavy atom. The predicted octanol–water partition coefficient (Wildman–Crippen LogP) is 4.04. The largest absolute Gasteiger partial charge is 0.417 e. The molecule has 2 heterocycles. The second kappa shape index (κ2) is 6.96. The molecule has 0 saturated heterocycles. The molecule has 1 unspecified atom stereocenters. The Morgan fingerprint density at radius 2 is 1.88 bits per heavy atom. The summed E-state index contributed by atoms with van der Waals surface area (Å²) in [7, 11) is 0. The first-order chi connectivity index (χ1) is 12.3. The van der Waals surface area contributed by atoms with E-state index < -0.39 is 22.3 Å². The SMILES string of the molecule is NCC(N)(c1ccsc1)c1cc(-c2ccc(C(F)(F)F)c(Cl)c2)ncn1. The predicted molar refractivity (Wildman–Crippen MR) is 95.8 cm³/mol. The lowest BCUT2D eigenvalue weighted by molar-refractivity contribution is -0.137. The van der Waals surface area contributed by atoms with Crippen LogP contribution in [0.5, 0.6) is 0 Å². The molecular weight excluding hydrogens is 385 g/mol. The van der Waals surface area contributed by atoms with Crippen LogP contribution in [0.15, 0.2) is 47.4 Å². The molecule has 0 spiro atoms. The summed E-state index contributed by atoms with van der Waals surface area (Å²) in [4.78, 5) is 8.35. The number of nitrogens with zero attached hydrogens (tertiary/aromatic N) is 2. The van der Waals surface area contributed by atoms with Gasteiger partial charge in [-0.05, 0) is 40.6 Å². The van der Waals surface area contributed by atoms with E-state index in [2.05, 4.69) is 9.97 Å². The molecule has 0 amide bonds. The molecule has 3 rings (SSSR count). The normalized spacial score (nSPS) is 14.2. The summed E-state index contributed by atoms with van der Waals surface area (Å²) in [5, 5.41) is 3.36. The molecule has 3 aromatic rings. The van der Waals surface area contributed by atoms with E-state index in [1.165, 1.54) is 29.8 Å². The van der Waals surface area contributed by atoms with E-state index in [9.17, 15) is 13.2 Å². The van der Waals surface area contributed by atoms with Gasteiger partial charge in [0.15, 0.2) is 0 Å². The topological polar surface area (TPSA) is 77.8 Å². The highest BCUT2D eigenvalue weighted by atomic mass is 35.5. The van der Waals surface area contributed by atoms with Crippen LogP contribution >= 0.6 is 22.9 Å². The lowest BCUT2D eigenvalue weighted by atomic mass is 9.89. The number of hydrogen-bond donors (Lipinski definition) is 2. The van der Waals surface area contributed by atoms with Crippen LogP contribution in [0.1, 0.15) is 16.8 Å². The molecule has 4 nitrogen and oxygen atoms in total. The van der Waals surface area contributed by atoms with E-state index in [1.807, 2.05) is 16.8 Å². The van der Waals surface area contributed by atoms with Crippen molar-refractivity contribution >= 4 is 22.9 Å². The highest BCUT2D eigenvalue weighted by Gasteiger charge is 2.33. The third-order valence-electron chi connectivity index (χ3n) is 4.05. The molecule has 0 aliphatic carbocycles. The Morgan fingerprint density at radius 3 is 2.46 bits per heavy atom. The molecule has 0 fully saturated rings. The highest BCUT2D eigenvalue weighted by Crippen LogP contribution is 2.37. The van der Waals surface area contributed by atoms with Gasteiger partial charge < -0.3 is 11.5 Å². The lowest BCUT2D eigenvalue weighted by Gasteiger charge is -2.26. The van der Waals surface area contributed by atoms with E-state index in [1.54, 1.807) is 6.07 Å².